The van der Waals surface area contributed by atoms with Gasteiger partial charge < -0.3 is 0 Å². The maximum Gasteiger partial charge on any atom is 0.0436 e. The van der Waals surface area contributed by atoms with Crippen molar-refractivity contribution >= 4 is 5.71 Å². The number of hydrogen-bond donors (Lipinski definition) is 0. The second-order valence-corrected chi connectivity index (χ2v) is 4.12. The molecule has 2 nitrogen and oxygen atoms in total. The van der Waals surface area contributed by atoms with E-state index in [1.54, 1.807) is 0 Å². The van der Waals surface area contributed by atoms with E-state index in [-0.39, 0.29) is 0 Å². The summed E-state index contributed by atoms with van der Waals surface area (Å²) in [5.41, 5.74) is 3.50. The summed E-state index contributed by atoms with van der Waals surface area (Å²) in [6.07, 6.45) is 4.29. The zero-order valence-electron chi connectivity index (χ0n) is 8.83. The fourth-order valence-electron chi connectivity index (χ4n) is 1.69. The lowest BCUT2D eigenvalue weighted by molar-refractivity contribution is 0.538. The van der Waals surface area contributed by atoms with Crippen LogP contribution in [-0.2, 0) is 0 Å². The SMILES string of the molecule is Cc1ccc(C2=NCC(C)CC2)cn1. The number of pyridine rings is 1. The smallest absolute Gasteiger partial charge is 0.0436 e. The second kappa shape index (κ2) is 3.91. The Balaban J connectivity index is 2.19. The van der Waals surface area contributed by atoms with E-state index in [1.807, 2.05) is 13.1 Å². The third-order valence-electron chi connectivity index (χ3n) is 2.71. The number of rotatable bonds is 1. The Hall–Kier alpha value is -1.18. The van der Waals surface area contributed by atoms with Crippen LogP contribution in [0.1, 0.15) is 31.0 Å². The molecule has 0 saturated carbocycles. The van der Waals surface area contributed by atoms with Gasteiger partial charge in [0.25, 0.3) is 0 Å². The van der Waals surface area contributed by atoms with Crippen LogP contribution in [0.25, 0.3) is 0 Å². The molecule has 0 radical (unpaired) electrons. The van der Waals surface area contributed by atoms with Crippen LogP contribution in [0.15, 0.2) is 23.3 Å². The molecular formula is C12H16N2. The lowest BCUT2D eigenvalue weighted by Gasteiger charge is -2.17. The monoisotopic (exact) mass is 188 g/mol. The van der Waals surface area contributed by atoms with Crippen LogP contribution >= 0.6 is 0 Å². The van der Waals surface area contributed by atoms with Crippen LogP contribution < -0.4 is 0 Å². The molecule has 0 bridgehead atoms. The Labute approximate surface area is 85.1 Å². The van der Waals surface area contributed by atoms with Gasteiger partial charge in [0.05, 0.1) is 0 Å². The van der Waals surface area contributed by atoms with E-state index < -0.39 is 0 Å². The third-order valence-corrected chi connectivity index (χ3v) is 2.71. The predicted octanol–water partition coefficient (Wildman–Crippen LogP) is 2.61. The van der Waals surface area contributed by atoms with Crippen LogP contribution in [0.2, 0.25) is 0 Å². The Morgan fingerprint density at radius 3 is 2.79 bits per heavy atom. The van der Waals surface area contributed by atoms with E-state index in [4.69, 9.17) is 0 Å². The molecule has 1 aromatic rings. The molecule has 1 aliphatic rings. The average Bonchev–Trinajstić information content (AvgIpc) is 2.21. The van der Waals surface area contributed by atoms with Crippen molar-refractivity contribution < 1.29 is 0 Å². The summed E-state index contributed by atoms with van der Waals surface area (Å²) >= 11 is 0. The van der Waals surface area contributed by atoms with Crippen molar-refractivity contribution in [1.29, 1.82) is 0 Å². The second-order valence-electron chi connectivity index (χ2n) is 4.12. The molecule has 1 aliphatic heterocycles. The summed E-state index contributed by atoms with van der Waals surface area (Å²) in [6, 6.07) is 4.17. The van der Waals surface area contributed by atoms with Crippen LogP contribution in [0.3, 0.4) is 0 Å². The Bertz CT molecular complexity index is 338. The van der Waals surface area contributed by atoms with E-state index in [1.165, 1.54) is 17.7 Å². The molecule has 0 aliphatic carbocycles. The van der Waals surface area contributed by atoms with Gasteiger partial charge in [-0.2, -0.15) is 0 Å². The van der Waals surface area contributed by atoms with Gasteiger partial charge in [-0.15, -0.1) is 0 Å². The van der Waals surface area contributed by atoms with Gasteiger partial charge in [0.2, 0.25) is 0 Å². The molecular weight excluding hydrogens is 172 g/mol. The zero-order chi connectivity index (χ0) is 9.97. The van der Waals surface area contributed by atoms with E-state index in [0.717, 1.165) is 24.6 Å². The van der Waals surface area contributed by atoms with E-state index in [0.29, 0.717) is 0 Å². The highest BCUT2D eigenvalue weighted by Gasteiger charge is 2.12. The van der Waals surface area contributed by atoms with Crippen LogP contribution in [0.5, 0.6) is 0 Å². The zero-order valence-corrected chi connectivity index (χ0v) is 8.83. The maximum absolute atomic E-state index is 4.59. The molecule has 1 unspecified atom stereocenters. The molecule has 0 saturated heterocycles. The highest BCUT2D eigenvalue weighted by atomic mass is 14.8. The Morgan fingerprint density at radius 1 is 1.36 bits per heavy atom. The minimum atomic E-state index is 0.747. The molecule has 2 rings (SSSR count). The molecule has 1 atom stereocenters. The summed E-state index contributed by atoms with van der Waals surface area (Å²) in [7, 11) is 0. The van der Waals surface area contributed by atoms with Gasteiger partial charge in [0, 0.05) is 29.7 Å². The quantitative estimate of drug-likeness (QED) is 0.665. The largest absolute Gasteiger partial charge is 0.289 e. The molecule has 14 heavy (non-hydrogen) atoms. The molecule has 2 heterocycles. The van der Waals surface area contributed by atoms with Gasteiger partial charge in [0.1, 0.15) is 0 Å². The van der Waals surface area contributed by atoms with Gasteiger partial charge in [-0.05, 0) is 37.8 Å². The molecule has 0 fully saturated rings. The number of hydrogen-bond acceptors (Lipinski definition) is 2. The van der Waals surface area contributed by atoms with Gasteiger partial charge >= 0.3 is 0 Å². The van der Waals surface area contributed by atoms with Crippen LogP contribution in [0.4, 0.5) is 0 Å². The highest BCUT2D eigenvalue weighted by Crippen LogP contribution is 2.17. The third kappa shape index (κ3) is 2.00. The lowest BCUT2D eigenvalue weighted by atomic mass is 9.97. The number of aryl methyl sites for hydroxylation is 1. The first kappa shape index (κ1) is 9.38. The Kier molecular flexibility index (Phi) is 2.62. The lowest BCUT2D eigenvalue weighted by Crippen LogP contribution is -2.14. The Morgan fingerprint density at radius 2 is 2.21 bits per heavy atom. The fraction of sp³-hybridized carbons (Fsp3) is 0.500. The van der Waals surface area contributed by atoms with Crippen molar-refractivity contribution in [3.05, 3.63) is 29.6 Å². The van der Waals surface area contributed by atoms with Crippen LogP contribution in [0, 0.1) is 12.8 Å². The predicted molar refractivity (Wildman–Crippen MR) is 58.8 cm³/mol. The number of nitrogens with zero attached hydrogens (tertiary/aromatic N) is 2. The molecule has 74 valence electrons. The van der Waals surface area contributed by atoms with Gasteiger partial charge in [-0.3, -0.25) is 9.98 Å². The first-order valence-corrected chi connectivity index (χ1v) is 5.22. The van der Waals surface area contributed by atoms with Gasteiger partial charge in [-0.25, -0.2) is 0 Å². The summed E-state index contributed by atoms with van der Waals surface area (Å²) in [6.45, 7) is 5.24. The molecule has 0 N–H and O–H groups in total. The summed E-state index contributed by atoms with van der Waals surface area (Å²) < 4.78 is 0. The molecule has 0 spiro atoms. The number of aromatic nitrogens is 1. The van der Waals surface area contributed by atoms with E-state index in [2.05, 4.69) is 29.0 Å². The van der Waals surface area contributed by atoms with Gasteiger partial charge in [0.15, 0.2) is 0 Å². The van der Waals surface area contributed by atoms with Gasteiger partial charge in [-0.1, -0.05) is 6.92 Å². The fourth-order valence-corrected chi connectivity index (χ4v) is 1.69. The van der Waals surface area contributed by atoms with Crippen molar-refractivity contribution in [1.82, 2.24) is 4.98 Å². The summed E-state index contributed by atoms with van der Waals surface area (Å²) in [4.78, 5) is 8.88. The first-order valence-electron chi connectivity index (χ1n) is 5.22. The summed E-state index contributed by atoms with van der Waals surface area (Å²) in [5.74, 6) is 0.747. The van der Waals surface area contributed by atoms with Crippen molar-refractivity contribution in [2.75, 3.05) is 6.54 Å². The van der Waals surface area contributed by atoms with E-state index >= 15 is 0 Å². The molecule has 1 aromatic heterocycles. The molecule has 2 heteroatoms. The minimum absolute atomic E-state index is 0.747. The highest BCUT2D eigenvalue weighted by molar-refractivity contribution is 6.00. The average molecular weight is 188 g/mol. The molecule has 0 aromatic carbocycles. The van der Waals surface area contributed by atoms with Crippen molar-refractivity contribution in [2.45, 2.75) is 26.7 Å². The first-order chi connectivity index (χ1) is 6.75. The maximum atomic E-state index is 4.59. The minimum Gasteiger partial charge on any atom is -0.289 e. The van der Waals surface area contributed by atoms with Crippen molar-refractivity contribution in [2.24, 2.45) is 10.9 Å². The van der Waals surface area contributed by atoms with Crippen molar-refractivity contribution in [3.63, 3.8) is 0 Å². The van der Waals surface area contributed by atoms with E-state index in [9.17, 15) is 0 Å². The van der Waals surface area contributed by atoms with Crippen LogP contribution in [-0.4, -0.2) is 17.2 Å². The standard InChI is InChI=1S/C12H16N2/c1-9-3-6-12(14-7-9)11-5-4-10(2)13-8-11/h4-5,8-9H,3,6-7H2,1-2H3. The summed E-state index contributed by atoms with van der Waals surface area (Å²) in [5, 5.41) is 0. The normalized spacial score (nSPS) is 21.9. The number of aliphatic imine (C=N–C) groups is 1. The topological polar surface area (TPSA) is 25.2 Å². The molecule has 0 amide bonds. The van der Waals surface area contributed by atoms with Crippen molar-refractivity contribution in [3.8, 4) is 0 Å².